The molecule has 10 heteroatoms. The molecule has 0 aliphatic heterocycles. The maximum Gasteiger partial charge on any atom is 0.384 e. The van der Waals surface area contributed by atoms with Crippen LogP contribution in [0.2, 0.25) is 0 Å². The summed E-state index contributed by atoms with van der Waals surface area (Å²) in [6.45, 7) is 3.55. The highest BCUT2D eigenvalue weighted by Crippen LogP contribution is 2.28. The van der Waals surface area contributed by atoms with Gasteiger partial charge in [0, 0.05) is 19.7 Å². The molecule has 0 aliphatic rings. The number of aryl methyl sites for hydroxylation is 2. The predicted molar refractivity (Wildman–Crippen MR) is 87.9 cm³/mol. The Bertz CT molecular complexity index is 970. The van der Waals surface area contributed by atoms with Crippen LogP contribution in [0.1, 0.15) is 11.5 Å². The third kappa shape index (κ3) is 3.39. The van der Waals surface area contributed by atoms with Gasteiger partial charge >= 0.3 is 10.3 Å². The van der Waals surface area contributed by atoms with Gasteiger partial charge in [0.15, 0.2) is 0 Å². The minimum Gasteiger partial charge on any atom is -0.371 e. The Hall–Kier alpha value is -2.72. The van der Waals surface area contributed by atoms with Crippen LogP contribution in [0.5, 0.6) is 5.75 Å². The quantitative estimate of drug-likeness (QED) is 0.677. The molecule has 0 amide bonds. The molecule has 0 N–H and O–H groups in total. The Kier molecular flexibility index (Phi) is 4.31. The highest BCUT2D eigenvalue weighted by Gasteiger charge is 2.19. The normalized spacial score (nSPS) is 11.9. The van der Waals surface area contributed by atoms with Gasteiger partial charge in [0.25, 0.3) is 5.89 Å². The van der Waals surface area contributed by atoms with E-state index in [0.717, 1.165) is 4.31 Å². The van der Waals surface area contributed by atoms with E-state index in [-0.39, 0.29) is 5.75 Å². The molecule has 0 unspecified atom stereocenters. The van der Waals surface area contributed by atoms with E-state index in [1.54, 1.807) is 26.0 Å². The second kappa shape index (κ2) is 6.30. The summed E-state index contributed by atoms with van der Waals surface area (Å²) >= 11 is 0. The van der Waals surface area contributed by atoms with Crippen molar-refractivity contribution in [2.75, 3.05) is 14.1 Å². The van der Waals surface area contributed by atoms with Crippen molar-refractivity contribution in [2.45, 2.75) is 13.8 Å². The monoisotopic (exact) mass is 364 g/mol. The number of hydrogen-bond acceptors (Lipinski definition) is 8. The Labute approximate surface area is 144 Å². The molecule has 0 aliphatic carbocycles. The first kappa shape index (κ1) is 17.1. The fourth-order valence-corrected chi connectivity index (χ4v) is 2.59. The maximum atomic E-state index is 11.7. The molecule has 3 aromatic rings. The first-order valence-electron chi connectivity index (χ1n) is 7.27. The average molecular weight is 364 g/mol. The van der Waals surface area contributed by atoms with E-state index in [1.165, 1.54) is 26.2 Å². The Morgan fingerprint density at radius 2 is 1.72 bits per heavy atom. The predicted octanol–water partition coefficient (Wildman–Crippen LogP) is 2.19. The minimum atomic E-state index is -3.80. The largest absolute Gasteiger partial charge is 0.384 e. The van der Waals surface area contributed by atoms with Gasteiger partial charge in [-0.2, -0.15) is 17.7 Å². The molecule has 0 atom stereocenters. The van der Waals surface area contributed by atoms with Crippen molar-refractivity contribution in [1.29, 1.82) is 0 Å². The van der Waals surface area contributed by atoms with Gasteiger partial charge in [0.05, 0.1) is 5.69 Å². The van der Waals surface area contributed by atoms with E-state index >= 15 is 0 Å². The Morgan fingerprint density at radius 3 is 2.28 bits per heavy atom. The Morgan fingerprint density at radius 1 is 1.04 bits per heavy atom. The fourth-order valence-electron chi connectivity index (χ4n) is 2.09. The zero-order valence-electron chi connectivity index (χ0n) is 14.0. The molecule has 0 spiro atoms. The number of nitrogens with zero attached hydrogens (tertiary/aromatic N) is 4. The lowest BCUT2D eigenvalue weighted by molar-refractivity contribution is 0.392. The molecule has 132 valence electrons. The van der Waals surface area contributed by atoms with E-state index < -0.39 is 10.3 Å². The molecule has 2 heterocycles. The molecule has 0 bridgehead atoms. The first-order valence-corrected chi connectivity index (χ1v) is 8.64. The second-order valence-corrected chi connectivity index (χ2v) is 7.22. The molecule has 9 nitrogen and oxygen atoms in total. The molecule has 0 saturated carbocycles. The lowest BCUT2D eigenvalue weighted by Gasteiger charge is -2.11. The highest BCUT2D eigenvalue weighted by molar-refractivity contribution is 7.84. The van der Waals surface area contributed by atoms with Crippen molar-refractivity contribution in [3.8, 4) is 28.6 Å². The zero-order chi connectivity index (χ0) is 18.2. The molecule has 0 saturated heterocycles. The van der Waals surface area contributed by atoms with Crippen molar-refractivity contribution in [3.63, 3.8) is 0 Å². The van der Waals surface area contributed by atoms with E-state index in [0.29, 0.717) is 34.3 Å². The first-order chi connectivity index (χ1) is 11.8. The molecule has 3 rings (SSSR count). The van der Waals surface area contributed by atoms with Gasteiger partial charge < -0.3 is 13.2 Å². The average Bonchev–Trinajstić information content (AvgIpc) is 3.14. The third-order valence-electron chi connectivity index (χ3n) is 3.43. The lowest BCUT2D eigenvalue weighted by atomic mass is 10.2. The zero-order valence-corrected chi connectivity index (χ0v) is 14.9. The van der Waals surface area contributed by atoms with Gasteiger partial charge in [-0.05, 0) is 38.1 Å². The summed E-state index contributed by atoms with van der Waals surface area (Å²) < 4.78 is 39.7. The van der Waals surface area contributed by atoms with Crippen molar-refractivity contribution < 1.29 is 21.6 Å². The van der Waals surface area contributed by atoms with Crippen LogP contribution in [0.3, 0.4) is 0 Å². The van der Waals surface area contributed by atoms with Crippen molar-refractivity contribution in [1.82, 2.24) is 19.6 Å². The van der Waals surface area contributed by atoms with Crippen LogP contribution in [-0.2, 0) is 10.3 Å². The van der Waals surface area contributed by atoms with E-state index in [1.807, 2.05) is 0 Å². The topological polar surface area (TPSA) is 112 Å². The van der Waals surface area contributed by atoms with Crippen LogP contribution in [0.25, 0.3) is 22.8 Å². The number of rotatable bonds is 5. The summed E-state index contributed by atoms with van der Waals surface area (Å²) in [4.78, 5) is 4.33. The van der Waals surface area contributed by atoms with Crippen LogP contribution in [0.15, 0.2) is 33.3 Å². The van der Waals surface area contributed by atoms with Crippen molar-refractivity contribution in [3.05, 3.63) is 35.7 Å². The van der Waals surface area contributed by atoms with Gasteiger partial charge in [-0.25, -0.2) is 0 Å². The molecule has 25 heavy (non-hydrogen) atoms. The number of benzene rings is 1. The van der Waals surface area contributed by atoms with Gasteiger partial charge in [0.1, 0.15) is 17.1 Å². The molecule has 2 aromatic heterocycles. The summed E-state index contributed by atoms with van der Waals surface area (Å²) in [5, 5.41) is 7.79. The van der Waals surface area contributed by atoms with Crippen LogP contribution in [0, 0.1) is 13.8 Å². The van der Waals surface area contributed by atoms with Gasteiger partial charge in [-0.15, -0.1) is 0 Å². The van der Waals surface area contributed by atoms with Crippen molar-refractivity contribution in [2.24, 2.45) is 0 Å². The van der Waals surface area contributed by atoms with E-state index in [9.17, 15) is 8.42 Å². The molecule has 0 radical (unpaired) electrons. The van der Waals surface area contributed by atoms with Crippen LogP contribution in [0.4, 0.5) is 0 Å². The smallest absolute Gasteiger partial charge is 0.371 e. The number of aromatic nitrogens is 3. The second-order valence-electron chi connectivity index (χ2n) is 5.47. The third-order valence-corrected chi connectivity index (χ3v) is 4.73. The Balaban J connectivity index is 1.84. The summed E-state index contributed by atoms with van der Waals surface area (Å²) in [6, 6.07) is 6.32. The molecule has 1 aromatic carbocycles. The summed E-state index contributed by atoms with van der Waals surface area (Å²) in [5.74, 6) is 1.44. The standard InChI is InChI=1S/C15H16N4O5S/c1-9-13(10(2)22-17-9)15-16-14(18-23-15)11-5-7-12(8-6-11)24-25(20,21)19(3)4/h5-8H,1-4H3. The van der Waals surface area contributed by atoms with Gasteiger partial charge in [-0.1, -0.05) is 10.3 Å². The van der Waals surface area contributed by atoms with Crippen LogP contribution < -0.4 is 4.18 Å². The summed E-state index contributed by atoms with van der Waals surface area (Å²) in [5.41, 5.74) is 1.97. The minimum absolute atomic E-state index is 0.187. The van der Waals surface area contributed by atoms with Gasteiger partial charge in [0.2, 0.25) is 5.82 Å². The SMILES string of the molecule is Cc1noc(C)c1-c1nc(-c2ccc(OS(=O)(=O)N(C)C)cc2)no1. The molecular weight excluding hydrogens is 348 g/mol. The van der Waals surface area contributed by atoms with E-state index in [4.69, 9.17) is 13.2 Å². The molecular formula is C15H16N4O5S. The van der Waals surface area contributed by atoms with Gasteiger partial charge in [-0.3, -0.25) is 0 Å². The summed E-state index contributed by atoms with van der Waals surface area (Å²) in [7, 11) is -1.02. The summed E-state index contributed by atoms with van der Waals surface area (Å²) in [6.07, 6.45) is 0. The van der Waals surface area contributed by atoms with Crippen molar-refractivity contribution >= 4 is 10.3 Å². The lowest BCUT2D eigenvalue weighted by Crippen LogP contribution is -2.26. The molecule has 0 fully saturated rings. The fraction of sp³-hybridized carbons (Fsp3) is 0.267. The van der Waals surface area contributed by atoms with Crippen LogP contribution >= 0.6 is 0 Å². The number of hydrogen-bond donors (Lipinski definition) is 0. The highest BCUT2D eigenvalue weighted by atomic mass is 32.2. The van der Waals surface area contributed by atoms with E-state index in [2.05, 4.69) is 15.3 Å². The maximum absolute atomic E-state index is 11.7. The van der Waals surface area contributed by atoms with Crippen LogP contribution in [-0.4, -0.2) is 42.1 Å².